The fourth-order valence-electron chi connectivity index (χ4n) is 3.23. The maximum Gasteiger partial charge on any atom is 0.124 e. The normalized spacial score (nSPS) is 31.5. The minimum absolute atomic E-state index is 0.494. The molecule has 1 aliphatic carbocycles. The molecule has 2 aliphatic rings. The van der Waals surface area contributed by atoms with E-state index in [0.717, 1.165) is 24.7 Å². The number of ether oxygens (including phenoxy) is 1. The van der Waals surface area contributed by atoms with Gasteiger partial charge in [0.2, 0.25) is 0 Å². The number of nitrogens with one attached hydrogen (secondary N) is 1. The lowest BCUT2D eigenvalue weighted by atomic mass is 9.86. The third-order valence-corrected chi connectivity index (χ3v) is 4.41. The summed E-state index contributed by atoms with van der Waals surface area (Å²) in [6.45, 7) is 3.22. The number of fused-ring (bicyclic) bond motifs is 1. The van der Waals surface area contributed by atoms with Crippen LogP contribution in [-0.4, -0.2) is 12.6 Å². The van der Waals surface area contributed by atoms with Gasteiger partial charge in [-0.3, -0.25) is 0 Å². The minimum Gasteiger partial charge on any atom is -0.493 e. The largest absolute Gasteiger partial charge is 0.493 e. The lowest BCUT2D eigenvalue weighted by molar-refractivity contribution is 0.223. The van der Waals surface area contributed by atoms with Crippen molar-refractivity contribution in [2.45, 2.75) is 51.1 Å². The van der Waals surface area contributed by atoms with Gasteiger partial charge in [0.05, 0.1) is 6.61 Å². The van der Waals surface area contributed by atoms with E-state index >= 15 is 0 Å². The lowest BCUT2D eigenvalue weighted by Crippen LogP contribution is -2.37. The molecule has 98 valence electrons. The Morgan fingerprint density at radius 3 is 2.67 bits per heavy atom. The molecule has 1 unspecified atom stereocenters. The van der Waals surface area contributed by atoms with Crippen LogP contribution in [0.3, 0.4) is 0 Å². The number of benzene rings is 1. The van der Waals surface area contributed by atoms with Gasteiger partial charge in [0.25, 0.3) is 0 Å². The maximum atomic E-state index is 5.72. The zero-order valence-corrected chi connectivity index (χ0v) is 11.2. The van der Waals surface area contributed by atoms with Gasteiger partial charge < -0.3 is 10.1 Å². The third-order valence-electron chi connectivity index (χ3n) is 4.41. The van der Waals surface area contributed by atoms with Crippen LogP contribution in [-0.2, 0) is 0 Å². The standard InChI is InChI=1S/C16H23NO/c1-12-6-8-13(9-7-12)17-15-10-11-18-16-5-3-2-4-14(15)16/h2-5,12-13,15,17H,6-11H2,1H3. The Labute approximate surface area is 110 Å². The molecule has 2 heteroatoms. The van der Waals surface area contributed by atoms with E-state index in [2.05, 4.69) is 36.5 Å². The van der Waals surface area contributed by atoms with Crippen LogP contribution in [0.15, 0.2) is 24.3 Å². The van der Waals surface area contributed by atoms with E-state index in [4.69, 9.17) is 4.74 Å². The monoisotopic (exact) mass is 245 g/mol. The van der Waals surface area contributed by atoms with Crippen molar-refractivity contribution < 1.29 is 4.74 Å². The van der Waals surface area contributed by atoms with Gasteiger partial charge in [-0.1, -0.05) is 25.1 Å². The van der Waals surface area contributed by atoms with Crippen LogP contribution < -0.4 is 10.1 Å². The fourth-order valence-corrected chi connectivity index (χ4v) is 3.23. The average molecular weight is 245 g/mol. The summed E-state index contributed by atoms with van der Waals surface area (Å²) in [6.07, 6.45) is 6.52. The molecule has 0 aromatic heterocycles. The van der Waals surface area contributed by atoms with Crippen LogP contribution in [0.1, 0.15) is 50.6 Å². The molecule has 1 aliphatic heterocycles. The molecule has 1 saturated carbocycles. The highest BCUT2D eigenvalue weighted by Gasteiger charge is 2.25. The molecule has 1 heterocycles. The van der Waals surface area contributed by atoms with Gasteiger partial charge in [0.1, 0.15) is 5.75 Å². The first-order valence-corrected chi connectivity index (χ1v) is 7.30. The molecule has 1 fully saturated rings. The fraction of sp³-hybridized carbons (Fsp3) is 0.625. The molecule has 0 radical (unpaired) electrons. The number of hydrogen-bond acceptors (Lipinski definition) is 2. The second-order valence-electron chi connectivity index (χ2n) is 5.85. The van der Waals surface area contributed by atoms with Crippen molar-refractivity contribution in [1.29, 1.82) is 0 Å². The van der Waals surface area contributed by atoms with Crippen molar-refractivity contribution in [1.82, 2.24) is 5.32 Å². The Bertz CT molecular complexity index is 396. The summed E-state index contributed by atoms with van der Waals surface area (Å²) in [4.78, 5) is 0. The molecule has 0 bridgehead atoms. The first-order valence-electron chi connectivity index (χ1n) is 7.30. The maximum absolute atomic E-state index is 5.72. The molecule has 18 heavy (non-hydrogen) atoms. The Hall–Kier alpha value is -1.02. The summed E-state index contributed by atoms with van der Waals surface area (Å²) < 4.78 is 5.72. The first-order chi connectivity index (χ1) is 8.83. The Balaban J connectivity index is 1.67. The number of para-hydroxylation sites is 1. The molecule has 2 nitrogen and oxygen atoms in total. The highest BCUT2D eigenvalue weighted by atomic mass is 16.5. The highest BCUT2D eigenvalue weighted by molar-refractivity contribution is 5.37. The second-order valence-corrected chi connectivity index (χ2v) is 5.85. The molecule has 0 amide bonds. The average Bonchev–Trinajstić information content (AvgIpc) is 2.42. The van der Waals surface area contributed by atoms with E-state index < -0.39 is 0 Å². The zero-order valence-electron chi connectivity index (χ0n) is 11.2. The molecule has 1 aromatic carbocycles. The van der Waals surface area contributed by atoms with Gasteiger partial charge in [-0.2, -0.15) is 0 Å². The second kappa shape index (κ2) is 5.31. The first kappa shape index (κ1) is 12.0. The lowest BCUT2D eigenvalue weighted by Gasteiger charge is -2.33. The summed E-state index contributed by atoms with van der Waals surface area (Å²) in [7, 11) is 0. The summed E-state index contributed by atoms with van der Waals surface area (Å²) in [6, 6.07) is 9.67. The van der Waals surface area contributed by atoms with E-state index in [1.165, 1.54) is 31.2 Å². The van der Waals surface area contributed by atoms with Crippen molar-refractivity contribution >= 4 is 0 Å². The predicted octanol–water partition coefficient (Wildman–Crippen LogP) is 3.68. The van der Waals surface area contributed by atoms with Crippen molar-refractivity contribution in [2.75, 3.05) is 6.61 Å². The number of rotatable bonds is 2. The van der Waals surface area contributed by atoms with Crippen molar-refractivity contribution in [3.05, 3.63) is 29.8 Å². The van der Waals surface area contributed by atoms with Gasteiger partial charge in [-0.25, -0.2) is 0 Å². The van der Waals surface area contributed by atoms with Crippen LogP contribution in [0, 0.1) is 5.92 Å². The Morgan fingerprint density at radius 2 is 1.83 bits per heavy atom. The molecule has 1 atom stereocenters. The molecular weight excluding hydrogens is 222 g/mol. The van der Waals surface area contributed by atoms with E-state index in [1.54, 1.807) is 0 Å². The molecular formula is C16H23NO. The van der Waals surface area contributed by atoms with E-state index in [0.29, 0.717) is 12.1 Å². The zero-order chi connectivity index (χ0) is 12.4. The quantitative estimate of drug-likeness (QED) is 0.858. The van der Waals surface area contributed by atoms with Gasteiger partial charge >= 0.3 is 0 Å². The van der Waals surface area contributed by atoms with Crippen molar-refractivity contribution in [2.24, 2.45) is 5.92 Å². The van der Waals surface area contributed by atoms with Gasteiger partial charge in [0, 0.05) is 24.1 Å². The predicted molar refractivity (Wildman–Crippen MR) is 73.9 cm³/mol. The summed E-state index contributed by atoms with van der Waals surface area (Å²) in [5.74, 6) is 2.00. The SMILES string of the molecule is CC1CCC(NC2CCOc3ccccc32)CC1. The highest BCUT2D eigenvalue weighted by Crippen LogP contribution is 2.33. The molecule has 1 aromatic rings. The molecule has 0 spiro atoms. The number of hydrogen-bond donors (Lipinski definition) is 1. The summed E-state index contributed by atoms with van der Waals surface area (Å²) in [5.41, 5.74) is 1.35. The third kappa shape index (κ3) is 2.54. The smallest absolute Gasteiger partial charge is 0.124 e. The van der Waals surface area contributed by atoms with Crippen LogP contribution in [0.2, 0.25) is 0 Å². The van der Waals surface area contributed by atoms with Gasteiger partial charge in [-0.05, 0) is 37.7 Å². The van der Waals surface area contributed by atoms with Crippen molar-refractivity contribution in [3.63, 3.8) is 0 Å². The Kier molecular flexibility index (Phi) is 3.55. The minimum atomic E-state index is 0.494. The van der Waals surface area contributed by atoms with E-state index in [9.17, 15) is 0 Å². The topological polar surface area (TPSA) is 21.3 Å². The molecule has 1 N–H and O–H groups in total. The van der Waals surface area contributed by atoms with Crippen LogP contribution in [0.4, 0.5) is 0 Å². The molecule has 0 saturated heterocycles. The van der Waals surface area contributed by atoms with E-state index in [-0.39, 0.29) is 0 Å². The van der Waals surface area contributed by atoms with Crippen LogP contribution in [0.5, 0.6) is 5.75 Å². The van der Waals surface area contributed by atoms with Crippen molar-refractivity contribution in [3.8, 4) is 5.75 Å². The van der Waals surface area contributed by atoms with Crippen LogP contribution >= 0.6 is 0 Å². The van der Waals surface area contributed by atoms with Gasteiger partial charge in [0.15, 0.2) is 0 Å². The van der Waals surface area contributed by atoms with Gasteiger partial charge in [-0.15, -0.1) is 0 Å². The van der Waals surface area contributed by atoms with E-state index in [1.807, 2.05) is 0 Å². The van der Waals surface area contributed by atoms with Crippen LogP contribution in [0.25, 0.3) is 0 Å². The molecule has 3 rings (SSSR count). The Morgan fingerprint density at radius 1 is 1.06 bits per heavy atom. The summed E-state index contributed by atoms with van der Waals surface area (Å²) in [5, 5.41) is 3.85. The summed E-state index contributed by atoms with van der Waals surface area (Å²) >= 11 is 0.